The quantitative estimate of drug-likeness (QED) is 0.319. The minimum atomic E-state index is -0.570. The molecule has 4 rings (SSSR count). The van der Waals surface area contributed by atoms with Gasteiger partial charge in [-0.2, -0.15) is 0 Å². The number of rotatable bonds is 4. The molecule has 5 heteroatoms. The summed E-state index contributed by atoms with van der Waals surface area (Å²) < 4.78 is 6.68. The molecule has 0 amide bonds. The van der Waals surface area contributed by atoms with Crippen molar-refractivity contribution in [2.24, 2.45) is 0 Å². The lowest BCUT2D eigenvalue weighted by Gasteiger charge is -2.08. The molecule has 144 valence electrons. The molecule has 2 heterocycles. The maximum atomic E-state index is 13.5. The molecule has 0 aliphatic heterocycles. The minimum Gasteiger partial charge on any atom is -0.465 e. The van der Waals surface area contributed by atoms with Crippen LogP contribution in [0.2, 0.25) is 0 Å². The van der Waals surface area contributed by atoms with E-state index in [1.807, 2.05) is 66.1 Å². The number of anilines is 1. The maximum Gasteiger partial charge on any atom is 0.339 e. The second kappa shape index (κ2) is 7.28. The second-order valence-corrected chi connectivity index (χ2v) is 6.79. The fourth-order valence-electron chi connectivity index (χ4n) is 3.70. The van der Waals surface area contributed by atoms with Crippen molar-refractivity contribution in [2.45, 2.75) is 6.92 Å². The zero-order valence-corrected chi connectivity index (χ0v) is 16.2. The Bertz CT molecular complexity index is 1240. The molecule has 29 heavy (non-hydrogen) atoms. The number of nitrogens with two attached hydrogens (primary N) is 1. The van der Waals surface area contributed by atoms with E-state index in [1.54, 1.807) is 12.1 Å². The Balaban J connectivity index is 1.93. The molecule has 0 spiro atoms. The molecule has 0 radical (unpaired) electrons. The van der Waals surface area contributed by atoms with Crippen LogP contribution in [0.3, 0.4) is 0 Å². The summed E-state index contributed by atoms with van der Waals surface area (Å²) in [6.45, 7) is 1.95. The van der Waals surface area contributed by atoms with Crippen molar-refractivity contribution >= 4 is 23.0 Å². The molecule has 0 fully saturated rings. The van der Waals surface area contributed by atoms with Crippen LogP contribution in [-0.2, 0) is 4.74 Å². The van der Waals surface area contributed by atoms with Gasteiger partial charge in [-0.1, -0.05) is 36.4 Å². The van der Waals surface area contributed by atoms with Crippen molar-refractivity contribution in [1.82, 2.24) is 4.40 Å². The summed E-state index contributed by atoms with van der Waals surface area (Å²) in [5.41, 5.74) is 11.2. The number of hydrogen-bond acceptors (Lipinski definition) is 4. The van der Waals surface area contributed by atoms with Crippen LogP contribution in [0, 0.1) is 6.92 Å². The second-order valence-electron chi connectivity index (χ2n) is 6.79. The van der Waals surface area contributed by atoms with E-state index in [2.05, 4.69) is 0 Å². The summed E-state index contributed by atoms with van der Waals surface area (Å²) in [6, 6.07) is 20.5. The van der Waals surface area contributed by atoms with E-state index in [0.29, 0.717) is 11.3 Å². The number of ether oxygens (including phenoxy) is 1. The van der Waals surface area contributed by atoms with Crippen molar-refractivity contribution < 1.29 is 14.3 Å². The number of fused-ring (bicyclic) bond motifs is 1. The van der Waals surface area contributed by atoms with Crippen LogP contribution in [0.1, 0.15) is 32.0 Å². The lowest BCUT2D eigenvalue weighted by molar-refractivity contribution is 0.0602. The third-order valence-corrected chi connectivity index (χ3v) is 5.09. The van der Waals surface area contributed by atoms with Crippen LogP contribution in [0.5, 0.6) is 0 Å². The van der Waals surface area contributed by atoms with Crippen LogP contribution >= 0.6 is 0 Å². The summed E-state index contributed by atoms with van der Waals surface area (Å²) in [5.74, 6) is -0.755. The Morgan fingerprint density at radius 3 is 2.41 bits per heavy atom. The van der Waals surface area contributed by atoms with Crippen molar-refractivity contribution in [3.63, 3.8) is 0 Å². The zero-order valence-electron chi connectivity index (χ0n) is 16.2. The molecule has 2 aromatic carbocycles. The Hall–Kier alpha value is -3.86. The van der Waals surface area contributed by atoms with E-state index in [1.165, 1.54) is 13.2 Å². The molecule has 4 aromatic rings. The topological polar surface area (TPSA) is 73.8 Å². The number of benzene rings is 2. The summed E-state index contributed by atoms with van der Waals surface area (Å²) in [7, 11) is 1.28. The number of carbonyl (C=O) groups excluding carboxylic acids is 2. The molecular weight excluding hydrogens is 364 g/mol. The number of aromatic nitrogens is 1. The van der Waals surface area contributed by atoms with Crippen molar-refractivity contribution in [3.05, 3.63) is 95.3 Å². The van der Waals surface area contributed by atoms with E-state index in [9.17, 15) is 9.59 Å². The van der Waals surface area contributed by atoms with Gasteiger partial charge in [-0.05, 0) is 48.4 Å². The summed E-state index contributed by atoms with van der Waals surface area (Å²) >= 11 is 0. The molecular formula is C24H20N2O3. The molecule has 0 saturated heterocycles. The Morgan fingerprint density at radius 2 is 1.69 bits per heavy atom. The van der Waals surface area contributed by atoms with Gasteiger partial charge >= 0.3 is 5.97 Å². The highest BCUT2D eigenvalue weighted by molar-refractivity contribution is 6.13. The fraction of sp³-hybridized carbons (Fsp3) is 0.0833. The highest BCUT2D eigenvalue weighted by Gasteiger charge is 2.23. The predicted molar refractivity (Wildman–Crippen MR) is 113 cm³/mol. The van der Waals surface area contributed by atoms with E-state index >= 15 is 0 Å². The zero-order chi connectivity index (χ0) is 20.5. The van der Waals surface area contributed by atoms with Gasteiger partial charge in [-0.15, -0.1) is 0 Å². The van der Waals surface area contributed by atoms with Gasteiger partial charge in [-0.3, -0.25) is 4.79 Å². The van der Waals surface area contributed by atoms with Gasteiger partial charge in [0.05, 0.1) is 23.9 Å². The first-order valence-electron chi connectivity index (χ1n) is 9.20. The lowest BCUT2D eigenvalue weighted by Crippen LogP contribution is -2.11. The number of pyridine rings is 1. The SMILES string of the molecule is COC(=O)c1cc(C(=O)c2c(C)c(-c3ccccc3)c3ccccn23)ccc1N. The van der Waals surface area contributed by atoms with E-state index < -0.39 is 5.97 Å². The van der Waals surface area contributed by atoms with Crippen molar-refractivity contribution in [2.75, 3.05) is 12.8 Å². The van der Waals surface area contributed by atoms with E-state index in [-0.39, 0.29) is 17.0 Å². The van der Waals surface area contributed by atoms with Crippen LogP contribution < -0.4 is 5.73 Å². The third-order valence-electron chi connectivity index (χ3n) is 5.09. The normalized spacial score (nSPS) is 10.8. The highest BCUT2D eigenvalue weighted by atomic mass is 16.5. The molecule has 5 nitrogen and oxygen atoms in total. The number of methoxy groups -OCH3 is 1. The number of nitrogens with zero attached hydrogens (tertiary/aromatic N) is 1. The number of hydrogen-bond donors (Lipinski definition) is 1. The molecule has 2 aromatic heterocycles. The molecule has 0 unspecified atom stereocenters. The largest absolute Gasteiger partial charge is 0.465 e. The van der Waals surface area contributed by atoms with Crippen molar-refractivity contribution in [1.29, 1.82) is 0 Å². The average molecular weight is 384 g/mol. The van der Waals surface area contributed by atoms with Crippen LogP contribution in [0.25, 0.3) is 16.6 Å². The standard InChI is InChI=1S/C24H20N2O3/c1-15-21(16-8-4-3-5-9-16)20-10-6-7-13-26(20)22(15)23(27)17-11-12-19(25)18(14-17)24(28)29-2/h3-14H,25H2,1-2H3. The Labute approximate surface area is 168 Å². The van der Waals surface area contributed by atoms with Gasteiger partial charge in [-0.25, -0.2) is 4.79 Å². The predicted octanol–water partition coefficient (Wildman–Crippen LogP) is 4.51. The van der Waals surface area contributed by atoms with Gasteiger partial charge in [0, 0.05) is 23.0 Å². The molecule has 0 atom stereocenters. The first-order chi connectivity index (χ1) is 14.0. The highest BCUT2D eigenvalue weighted by Crippen LogP contribution is 2.34. The third kappa shape index (κ3) is 3.06. The Morgan fingerprint density at radius 1 is 0.966 bits per heavy atom. The van der Waals surface area contributed by atoms with E-state index in [0.717, 1.165) is 22.2 Å². The maximum absolute atomic E-state index is 13.5. The molecule has 2 N–H and O–H groups in total. The summed E-state index contributed by atoms with van der Waals surface area (Å²) in [5, 5.41) is 0. The van der Waals surface area contributed by atoms with Crippen LogP contribution in [0.15, 0.2) is 72.9 Å². The van der Waals surface area contributed by atoms with Gasteiger partial charge in [0.15, 0.2) is 0 Å². The Kier molecular flexibility index (Phi) is 4.64. The van der Waals surface area contributed by atoms with Gasteiger partial charge in [0.1, 0.15) is 0 Å². The summed E-state index contributed by atoms with van der Waals surface area (Å²) in [4.78, 5) is 25.5. The molecule has 0 aliphatic carbocycles. The lowest BCUT2D eigenvalue weighted by atomic mass is 9.98. The molecule has 0 aliphatic rings. The smallest absolute Gasteiger partial charge is 0.339 e. The fourth-order valence-corrected chi connectivity index (χ4v) is 3.70. The number of nitrogen functional groups attached to an aromatic ring is 1. The monoisotopic (exact) mass is 384 g/mol. The number of carbonyl (C=O) groups is 2. The van der Waals surface area contributed by atoms with E-state index in [4.69, 9.17) is 10.5 Å². The first kappa shape index (κ1) is 18.5. The van der Waals surface area contributed by atoms with Crippen molar-refractivity contribution in [3.8, 4) is 11.1 Å². The van der Waals surface area contributed by atoms with Gasteiger partial charge in [0.2, 0.25) is 5.78 Å². The summed E-state index contributed by atoms with van der Waals surface area (Å²) in [6.07, 6.45) is 1.88. The number of ketones is 1. The minimum absolute atomic E-state index is 0.181. The number of esters is 1. The average Bonchev–Trinajstić information content (AvgIpc) is 3.05. The molecule has 0 bridgehead atoms. The molecule has 0 saturated carbocycles. The van der Waals surface area contributed by atoms with Gasteiger partial charge < -0.3 is 14.9 Å². The van der Waals surface area contributed by atoms with Crippen LogP contribution in [0.4, 0.5) is 5.69 Å². The first-order valence-corrected chi connectivity index (χ1v) is 9.20. The van der Waals surface area contributed by atoms with Gasteiger partial charge in [0.25, 0.3) is 0 Å². The van der Waals surface area contributed by atoms with Crippen LogP contribution in [-0.4, -0.2) is 23.3 Å².